The van der Waals surface area contributed by atoms with Gasteiger partial charge < -0.3 is 5.11 Å². The maximum absolute atomic E-state index is 9.68. The van der Waals surface area contributed by atoms with E-state index in [9.17, 15) is 5.11 Å². The average molecular weight is 180 g/mol. The predicted octanol–water partition coefficient (Wildman–Crippen LogP) is 1.95. The Morgan fingerprint density at radius 2 is 2.15 bits per heavy atom. The monoisotopic (exact) mass is 180 g/mol. The summed E-state index contributed by atoms with van der Waals surface area (Å²) < 4.78 is 0. The van der Waals surface area contributed by atoms with Crippen LogP contribution >= 0.6 is 0 Å². The zero-order chi connectivity index (χ0) is 9.68. The number of aromatic nitrogens is 2. The lowest BCUT2D eigenvalue weighted by molar-refractivity contribution is 0.154. The Kier molecular flexibility index (Phi) is 3.83. The van der Waals surface area contributed by atoms with Crippen molar-refractivity contribution in [3.05, 3.63) is 24.3 Å². The third kappa shape index (κ3) is 3.51. The van der Waals surface area contributed by atoms with Crippen molar-refractivity contribution in [2.45, 2.75) is 32.8 Å². The number of rotatable bonds is 4. The van der Waals surface area contributed by atoms with E-state index in [0.717, 1.165) is 18.5 Å². The maximum atomic E-state index is 9.68. The molecule has 1 rings (SSSR count). The van der Waals surface area contributed by atoms with Crippen molar-refractivity contribution in [2.24, 2.45) is 5.92 Å². The molecule has 72 valence electrons. The minimum atomic E-state index is -0.439. The van der Waals surface area contributed by atoms with E-state index in [0.29, 0.717) is 5.92 Å². The van der Waals surface area contributed by atoms with E-state index in [4.69, 9.17) is 0 Å². The van der Waals surface area contributed by atoms with E-state index in [1.807, 2.05) is 0 Å². The van der Waals surface area contributed by atoms with E-state index >= 15 is 0 Å². The molecule has 0 saturated carbocycles. The van der Waals surface area contributed by atoms with Gasteiger partial charge in [-0.2, -0.15) is 0 Å². The molecule has 1 N–H and O–H groups in total. The van der Waals surface area contributed by atoms with Crippen LogP contribution in [-0.2, 0) is 0 Å². The molecular weight excluding hydrogens is 164 g/mol. The molecule has 0 aliphatic carbocycles. The van der Waals surface area contributed by atoms with E-state index < -0.39 is 6.10 Å². The van der Waals surface area contributed by atoms with Crippen LogP contribution in [0.4, 0.5) is 0 Å². The first-order valence-corrected chi connectivity index (χ1v) is 4.64. The molecule has 1 heterocycles. The Balaban J connectivity index is 2.44. The van der Waals surface area contributed by atoms with E-state index in [1.165, 1.54) is 6.33 Å². The molecule has 0 aliphatic heterocycles. The summed E-state index contributed by atoms with van der Waals surface area (Å²) in [6, 6.07) is 1.75. The van der Waals surface area contributed by atoms with Gasteiger partial charge in [0, 0.05) is 6.20 Å². The fourth-order valence-corrected chi connectivity index (χ4v) is 1.14. The summed E-state index contributed by atoms with van der Waals surface area (Å²) in [4.78, 5) is 7.80. The lowest BCUT2D eigenvalue weighted by Crippen LogP contribution is -2.02. The molecule has 1 atom stereocenters. The van der Waals surface area contributed by atoms with Gasteiger partial charge in [0.2, 0.25) is 0 Å². The molecule has 1 aromatic rings. The van der Waals surface area contributed by atoms with Crippen molar-refractivity contribution in [3.8, 4) is 0 Å². The van der Waals surface area contributed by atoms with Crippen LogP contribution in [0.3, 0.4) is 0 Å². The Hall–Kier alpha value is -0.960. The van der Waals surface area contributed by atoms with Gasteiger partial charge >= 0.3 is 0 Å². The van der Waals surface area contributed by atoms with Crippen LogP contribution in [0.5, 0.6) is 0 Å². The fourth-order valence-electron chi connectivity index (χ4n) is 1.14. The van der Waals surface area contributed by atoms with Gasteiger partial charge in [-0.05, 0) is 24.8 Å². The SMILES string of the molecule is CC(C)CCC(O)c1ccncn1. The summed E-state index contributed by atoms with van der Waals surface area (Å²) in [6.45, 7) is 4.29. The minimum Gasteiger partial charge on any atom is -0.387 e. The topological polar surface area (TPSA) is 46.0 Å². The van der Waals surface area contributed by atoms with Gasteiger partial charge in [-0.3, -0.25) is 0 Å². The summed E-state index contributed by atoms with van der Waals surface area (Å²) in [7, 11) is 0. The highest BCUT2D eigenvalue weighted by Gasteiger charge is 2.08. The number of hydrogen-bond donors (Lipinski definition) is 1. The second-order valence-electron chi connectivity index (χ2n) is 3.62. The van der Waals surface area contributed by atoms with Gasteiger partial charge in [-0.15, -0.1) is 0 Å². The minimum absolute atomic E-state index is 0.439. The largest absolute Gasteiger partial charge is 0.387 e. The van der Waals surface area contributed by atoms with Gasteiger partial charge in [0.15, 0.2) is 0 Å². The predicted molar refractivity (Wildman–Crippen MR) is 51.1 cm³/mol. The lowest BCUT2D eigenvalue weighted by atomic mass is 10.0. The maximum Gasteiger partial charge on any atom is 0.115 e. The van der Waals surface area contributed by atoms with E-state index in [-0.39, 0.29) is 0 Å². The zero-order valence-corrected chi connectivity index (χ0v) is 8.14. The smallest absolute Gasteiger partial charge is 0.115 e. The summed E-state index contributed by atoms with van der Waals surface area (Å²) in [5, 5.41) is 9.68. The summed E-state index contributed by atoms with van der Waals surface area (Å²) in [5.41, 5.74) is 0.718. The van der Waals surface area contributed by atoms with Crippen LogP contribution < -0.4 is 0 Å². The first kappa shape index (κ1) is 10.1. The molecule has 3 heteroatoms. The van der Waals surface area contributed by atoms with Crippen LogP contribution in [0.25, 0.3) is 0 Å². The van der Waals surface area contributed by atoms with Crippen molar-refractivity contribution in [2.75, 3.05) is 0 Å². The van der Waals surface area contributed by atoms with Gasteiger partial charge in [-0.1, -0.05) is 13.8 Å². The number of hydrogen-bond acceptors (Lipinski definition) is 3. The number of aliphatic hydroxyl groups excluding tert-OH is 1. The van der Waals surface area contributed by atoms with E-state index in [1.54, 1.807) is 12.3 Å². The molecule has 0 bridgehead atoms. The first-order valence-electron chi connectivity index (χ1n) is 4.64. The fraction of sp³-hybridized carbons (Fsp3) is 0.600. The standard InChI is InChI=1S/C10H16N2O/c1-8(2)3-4-10(13)9-5-6-11-7-12-9/h5-8,10,13H,3-4H2,1-2H3. The zero-order valence-electron chi connectivity index (χ0n) is 8.14. The molecule has 0 saturated heterocycles. The molecule has 0 radical (unpaired) electrons. The van der Waals surface area contributed by atoms with E-state index in [2.05, 4.69) is 23.8 Å². The third-order valence-electron chi connectivity index (χ3n) is 1.96. The Morgan fingerprint density at radius 3 is 2.69 bits per heavy atom. The van der Waals surface area contributed by atoms with Crippen molar-refractivity contribution >= 4 is 0 Å². The molecule has 0 spiro atoms. The van der Waals surface area contributed by atoms with Gasteiger partial charge in [0.25, 0.3) is 0 Å². The molecule has 0 amide bonds. The molecule has 0 aliphatic rings. The second kappa shape index (κ2) is 4.92. The Bertz CT molecular complexity index is 236. The van der Waals surface area contributed by atoms with Crippen LogP contribution in [0.2, 0.25) is 0 Å². The van der Waals surface area contributed by atoms with Gasteiger partial charge in [-0.25, -0.2) is 9.97 Å². The second-order valence-corrected chi connectivity index (χ2v) is 3.62. The molecule has 1 aromatic heterocycles. The van der Waals surface area contributed by atoms with Crippen LogP contribution in [0, 0.1) is 5.92 Å². The normalized spacial score (nSPS) is 13.2. The highest BCUT2D eigenvalue weighted by Crippen LogP contribution is 2.17. The van der Waals surface area contributed by atoms with Crippen molar-refractivity contribution < 1.29 is 5.11 Å². The van der Waals surface area contributed by atoms with Crippen LogP contribution in [0.15, 0.2) is 18.6 Å². The van der Waals surface area contributed by atoms with Crippen molar-refractivity contribution in [1.82, 2.24) is 9.97 Å². The Labute approximate surface area is 78.9 Å². The third-order valence-corrected chi connectivity index (χ3v) is 1.96. The highest BCUT2D eigenvalue weighted by molar-refractivity contribution is 5.01. The molecule has 3 nitrogen and oxygen atoms in total. The average Bonchev–Trinajstić information content (AvgIpc) is 2.15. The lowest BCUT2D eigenvalue weighted by Gasteiger charge is -2.10. The molecular formula is C10H16N2O. The summed E-state index contributed by atoms with van der Waals surface area (Å²) >= 11 is 0. The highest BCUT2D eigenvalue weighted by atomic mass is 16.3. The molecule has 0 fully saturated rings. The molecule has 0 aromatic carbocycles. The summed E-state index contributed by atoms with van der Waals surface area (Å²) in [5.74, 6) is 0.622. The van der Waals surface area contributed by atoms with Crippen molar-refractivity contribution in [1.29, 1.82) is 0 Å². The number of aliphatic hydroxyl groups is 1. The van der Waals surface area contributed by atoms with Crippen LogP contribution in [-0.4, -0.2) is 15.1 Å². The molecule has 13 heavy (non-hydrogen) atoms. The number of nitrogens with zero attached hydrogens (tertiary/aromatic N) is 2. The summed E-state index contributed by atoms with van der Waals surface area (Å²) in [6.07, 6.45) is 4.47. The molecule has 1 unspecified atom stereocenters. The Morgan fingerprint density at radius 1 is 1.38 bits per heavy atom. The van der Waals surface area contributed by atoms with Crippen molar-refractivity contribution in [3.63, 3.8) is 0 Å². The van der Waals surface area contributed by atoms with Crippen LogP contribution in [0.1, 0.15) is 38.5 Å². The van der Waals surface area contributed by atoms with Gasteiger partial charge in [0.05, 0.1) is 11.8 Å². The quantitative estimate of drug-likeness (QED) is 0.770. The first-order chi connectivity index (χ1) is 6.20. The van der Waals surface area contributed by atoms with Gasteiger partial charge in [0.1, 0.15) is 6.33 Å².